The molecule has 0 radical (unpaired) electrons. The Bertz CT molecular complexity index is 832. The molecule has 2 aromatic carbocycles. The zero-order chi connectivity index (χ0) is 20.6. The average molecular weight is 370 g/mol. The predicted molar refractivity (Wildman–Crippen MR) is 111 cm³/mol. The van der Waals surface area contributed by atoms with Crippen molar-refractivity contribution in [3.05, 3.63) is 47.0 Å². The van der Waals surface area contributed by atoms with E-state index in [1.165, 1.54) is 0 Å². The maximum Gasteiger partial charge on any atom is 0.229 e. The quantitative estimate of drug-likeness (QED) is 0.689. The number of carbonyl (C=O) groups excluding carboxylic acids is 1. The summed E-state index contributed by atoms with van der Waals surface area (Å²) in [7, 11) is 0. The number of hydrogen-bond donors (Lipinski definition) is 2. The van der Waals surface area contributed by atoms with Gasteiger partial charge in [0.2, 0.25) is 5.91 Å². The van der Waals surface area contributed by atoms with E-state index in [4.69, 9.17) is 4.74 Å². The van der Waals surface area contributed by atoms with Crippen LogP contribution in [0.1, 0.15) is 58.2 Å². The molecule has 1 amide bonds. The molecule has 0 heterocycles. The normalized spacial score (nSPS) is 12.0. The molecule has 27 heavy (non-hydrogen) atoms. The molecule has 0 bridgehead atoms. The molecule has 4 nitrogen and oxygen atoms in total. The van der Waals surface area contributed by atoms with E-state index in [0.29, 0.717) is 5.75 Å². The number of aromatic hydroxyl groups is 1. The van der Waals surface area contributed by atoms with E-state index in [1.54, 1.807) is 12.1 Å². The highest BCUT2D eigenvalue weighted by Crippen LogP contribution is 2.37. The lowest BCUT2D eigenvalue weighted by Gasteiger charge is -2.22. The van der Waals surface area contributed by atoms with Gasteiger partial charge in [-0.2, -0.15) is 0 Å². The van der Waals surface area contributed by atoms with E-state index in [-0.39, 0.29) is 17.1 Å². The summed E-state index contributed by atoms with van der Waals surface area (Å²) in [5.74, 6) is 1.68. The molecule has 0 fully saturated rings. The number of hydrogen-bond acceptors (Lipinski definition) is 3. The van der Waals surface area contributed by atoms with Crippen molar-refractivity contribution in [2.24, 2.45) is 5.41 Å². The largest absolute Gasteiger partial charge is 0.508 e. The van der Waals surface area contributed by atoms with E-state index in [2.05, 4.69) is 26.1 Å². The van der Waals surface area contributed by atoms with Gasteiger partial charge in [-0.3, -0.25) is 4.79 Å². The van der Waals surface area contributed by atoms with Gasteiger partial charge >= 0.3 is 0 Å². The average Bonchev–Trinajstić information content (AvgIpc) is 2.50. The van der Waals surface area contributed by atoms with Crippen molar-refractivity contribution in [2.45, 2.75) is 60.8 Å². The van der Waals surface area contributed by atoms with E-state index in [0.717, 1.165) is 28.1 Å². The number of carbonyl (C=O) groups is 1. The predicted octanol–water partition coefficient (Wildman–Crippen LogP) is 6.08. The van der Waals surface area contributed by atoms with Crippen LogP contribution in [0.15, 0.2) is 30.3 Å². The number of anilines is 1. The van der Waals surface area contributed by atoms with Crippen molar-refractivity contribution >= 4 is 11.6 Å². The van der Waals surface area contributed by atoms with Crippen molar-refractivity contribution in [3.63, 3.8) is 0 Å². The molecule has 0 aromatic heterocycles. The molecule has 2 aromatic rings. The van der Waals surface area contributed by atoms with Crippen LogP contribution in [0.5, 0.6) is 17.2 Å². The molecular formula is C23H31NO3. The molecule has 0 aliphatic heterocycles. The van der Waals surface area contributed by atoms with E-state index < -0.39 is 5.41 Å². The van der Waals surface area contributed by atoms with Crippen LogP contribution in [0.25, 0.3) is 0 Å². The van der Waals surface area contributed by atoms with Crippen LogP contribution < -0.4 is 10.1 Å². The molecule has 0 atom stereocenters. The smallest absolute Gasteiger partial charge is 0.229 e. The zero-order valence-corrected chi connectivity index (χ0v) is 17.7. The lowest BCUT2D eigenvalue weighted by atomic mass is 9.86. The van der Waals surface area contributed by atoms with Gasteiger partial charge in [0, 0.05) is 16.7 Å². The standard InChI is InChI=1S/C23H31NO3/c1-14-11-16(24-21(26)23(6,7)8)12-15(2)20(14)27-17-9-10-19(25)18(13-17)22(3,4)5/h9-13,25H,1-8H3,(H,24,26). The second kappa shape index (κ2) is 7.26. The number of aryl methyl sites for hydroxylation is 2. The number of phenolic OH excluding ortho intramolecular Hbond substituents is 1. The van der Waals surface area contributed by atoms with Crippen LogP contribution in [0.2, 0.25) is 0 Å². The summed E-state index contributed by atoms with van der Waals surface area (Å²) in [5, 5.41) is 13.1. The lowest BCUT2D eigenvalue weighted by Crippen LogP contribution is -2.27. The Kier molecular flexibility index (Phi) is 5.60. The van der Waals surface area contributed by atoms with Crippen LogP contribution >= 0.6 is 0 Å². The van der Waals surface area contributed by atoms with Gasteiger partial charge in [0.25, 0.3) is 0 Å². The van der Waals surface area contributed by atoms with Crippen molar-refractivity contribution < 1.29 is 14.6 Å². The SMILES string of the molecule is Cc1cc(NC(=O)C(C)(C)C)cc(C)c1Oc1ccc(O)c(C(C)(C)C)c1. The zero-order valence-electron chi connectivity index (χ0n) is 17.7. The highest BCUT2D eigenvalue weighted by Gasteiger charge is 2.22. The molecule has 0 aliphatic carbocycles. The van der Waals surface area contributed by atoms with Crippen LogP contribution in [-0.4, -0.2) is 11.0 Å². The number of nitrogens with one attached hydrogen (secondary N) is 1. The Morgan fingerprint density at radius 3 is 2.00 bits per heavy atom. The summed E-state index contributed by atoms with van der Waals surface area (Å²) in [4.78, 5) is 12.2. The van der Waals surface area contributed by atoms with Crippen molar-refractivity contribution in [1.82, 2.24) is 0 Å². The fourth-order valence-corrected chi connectivity index (χ4v) is 2.80. The van der Waals surface area contributed by atoms with Crippen molar-refractivity contribution in [1.29, 1.82) is 0 Å². The van der Waals surface area contributed by atoms with E-state index in [1.807, 2.05) is 52.8 Å². The summed E-state index contributed by atoms with van der Waals surface area (Å²) in [6.07, 6.45) is 0. The van der Waals surface area contributed by atoms with Gasteiger partial charge in [-0.25, -0.2) is 0 Å². The Hall–Kier alpha value is -2.49. The number of benzene rings is 2. The minimum Gasteiger partial charge on any atom is -0.508 e. The van der Waals surface area contributed by atoms with Gasteiger partial charge in [0.15, 0.2) is 0 Å². The molecule has 0 unspecified atom stereocenters. The van der Waals surface area contributed by atoms with Crippen LogP contribution in [0.4, 0.5) is 5.69 Å². The van der Waals surface area contributed by atoms with Crippen molar-refractivity contribution in [3.8, 4) is 17.2 Å². The molecule has 0 aliphatic rings. The summed E-state index contributed by atoms with van der Waals surface area (Å²) < 4.78 is 6.13. The second-order valence-electron chi connectivity index (χ2n) is 9.17. The van der Waals surface area contributed by atoms with Crippen LogP contribution in [-0.2, 0) is 10.2 Å². The number of rotatable bonds is 3. The van der Waals surface area contributed by atoms with Crippen LogP contribution in [0.3, 0.4) is 0 Å². The third kappa shape index (κ3) is 5.03. The number of phenols is 1. The fourth-order valence-electron chi connectivity index (χ4n) is 2.80. The highest BCUT2D eigenvalue weighted by molar-refractivity contribution is 5.94. The molecular weight excluding hydrogens is 338 g/mol. The van der Waals surface area contributed by atoms with Gasteiger partial charge in [0.1, 0.15) is 17.2 Å². The first-order valence-electron chi connectivity index (χ1n) is 9.23. The number of amides is 1. The molecule has 0 saturated heterocycles. The lowest BCUT2D eigenvalue weighted by molar-refractivity contribution is -0.123. The summed E-state index contributed by atoms with van der Waals surface area (Å²) in [6.45, 7) is 15.7. The maximum absolute atomic E-state index is 12.2. The third-order valence-electron chi connectivity index (χ3n) is 4.40. The minimum atomic E-state index is -0.452. The first kappa shape index (κ1) is 20.8. The Morgan fingerprint density at radius 2 is 1.52 bits per heavy atom. The summed E-state index contributed by atoms with van der Waals surface area (Å²) >= 11 is 0. The third-order valence-corrected chi connectivity index (χ3v) is 4.40. The first-order valence-corrected chi connectivity index (χ1v) is 9.23. The monoisotopic (exact) mass is 369 g/mol. The van der Waals surface area contributed by atoms with Crippen molar-refractivity contribution in [2.75, 3.05) is 5.32 Å². The Labute approximate surface area is 162 Å². The van der Waals surface area contributed by atoms with Gasteiger partial charge < -0.3 is 15.2 Å². The fraction of sp³-hybridized carbons (Fsp3) is 0.435. The Balaban J connectivity index is 2.32. The van der Waals surface area contributed by atoms with E-state index in [9.17, 15) is 9.90 Å². The second-order valence-corrected chi connectivity index (χ2v) is 9.17. The van der Waals surface area contributed by atoms with Gasteiger partial charge in [-0.1, -0.05) is 41.5 Å². The first-order chi connectivity index (χ1) is 12.3. The molecule has 0 spiro atoms. The molecule has 2 rings (SSSR count). The topological polar surface area (TPSA) is 58.6 Å². The summed E-state index contributed by atoms with van der Waals surface area (Å²) in [6, 6.07) is 9.13. The maximum atomic E-state index is 12.2. The Morgan fingerprint density at radius 1 is 0.963 bits per heavy atom. The van der Waals surface area contributed by atoms with Gasteiger partial charge in [-0.05, 0) is 60.7 Å². The van der Waals surface area contributed by atoms with E-state index >= 15 is 0 Å². The molecule has 0 saturated carbocycles. The highest BCUT2D eigenvalue weighted by atomic mass is 16.5. The summed E-state index contributed by atoms with van der Waals surface area (Å²) in [5.41, 5.74) is 2.83. The van der Waals surface area contributed by atoms with Crippen LogP contribution in [0, 0.1) is 19.3 Å². The molecule has 146 valence electrons. The van der Waals surface area contributed by atoms with Gasteiger partial charge in [0.05, 0.1) is 0 Å². The molecule has 2 N–H and O–H groups in total. The minimum absolute atomic E-state index is 0.0247. The molecule has 4 heteroatoms. The van der Waals surface area contributed by atoms with Gasteiger partial charge in [-0.15, -0.1) is 0 Å². The number of ether oxygens (including phenoxy) is 1.